The van der Waals surface area contributed by atoms with Gasteiger partial charge in [0.2, 0.25) is 11.8 Å². The second kappa shape index (κ2) is 6.92. The third kappa shape index (κ3) is 3.95. The molecule has 1 saturated carbocycles. The second-order valence-corrected chi connectivity index (χ2v) is 5.88. The van der Waals surface area contributed by atoms with E-state index in [4.69, 9.17) is 0 Å². The number of hydrogen-bond donors (Lipinski definition) is 0. The number of carbonyl (C=O) groups is 2. The third-order valence-corrected chi connectivity index (χ3v) is 4.43. The highest BCUT2D eigenvalue weighted by molar-refractivity contribution is 5.84. The highest BCUT2D eigenvalue weighted by Gasteiger charge is 2.27. The van der Waals surface area contributed by atoms with E-state index in [1.807, 2.05) is 9.80 Å². The number of carbonyl (C=O) groups excluding carboxylic acids is 2. The third-order valence-electron chi connectivity index (χ3n) is 4.43. The molecule has 0 N–H and O–H groups in total. The summed E-state index contributed by atoms with van der Waals surface area (Å²) in [4.78, 5) is 27.8. The van der Waals surface area contributed by atoms with Crippen LogP contribution in [0.25, 0.3) is 0 Å². The molecule has 2 fully saturated rings. The van der Waals surface area contributed by atoms with Crippen LogP contribution in [0.1, 0.15) is 58.3 Å². The Bertz CT molecular complexity index is 316. The van der Waals surface area contributed by atoms with Crippen LogP contribution >= 0.6 is 0 Å². The van der Waals surface area contributed by atoms with Crippen molar-refractivity contribution >= 4 is 11.8 Å². The van der Waals surface area contributed by atoms with Gasteiger partial charge in [-0.1, -0.05) is 25.7 Å². The summed E-state index contributed by atoms with van der Waals surface area (Å²) in [6.07, 6.45) is 9.24. The summed E-state index contributed by atoms with van der Waals surface area (Å²) in [5.74, 6) is 0.191. The lowest BCUT2D eigenvalue weighted by molar-refractivity contribution is -0.141. The predicted octanol–water partition coefficient (Wildman–Crippen LogP) is 2.18. The van der Waals surface area contributed by atoms with Crippen molar-refractivity contribution in [2.75, 3.05) is 19.6 Å². The summed E-state index contributed by atoms with van der Waals surface area (Å²) in [5, 5.41) is 0. The van der Waals surface area contributed by atoms with Gasteiger partial charge in [-0.25, -0.2) is 0 Å². The lowest BCUT2D eigenvalue weighted by Crippen LogP contribution is -2.46. The summed E-state index contributed by atoms with van der Waals surface area (Å²) >= 11 is 0. The van der Waals surface area contributed by atoms with Crippen molar-refractivity contribution in [2.24, 2.45) is 0 Å². The number of rotatable bonds is 3. The van der Waals surface area contributed by atoms with Crippen molar-refractivity contribution in [1.82, 2.24) is 9.80 Å². The number of nitrogens with zero attached hydrogens (tertiary/aromatic N) is 2. The molecule has 0 spiro atoms. The van der Waals surface area contributed by atoms with Gasteiger partial charge in [-0.3, -0.25) is 9.59 Å². The lowest BCUT2D eigenvalue weighted by atomic mass is 10.1. The van der Waals surface area contributed by atoms with Crippen molar-refractivity contribution in [3.05, 3.63) is 0 Å². The van der Waals surface area contributed by atoms with Crippen molar-refractivity contribution in [1.29, 1.82) is 0 Å². The van der Waals surface area contributed by atoms with Crippen molar-refractivity contribution < 1.29 is 9.59 Å². The minimum atomic E-state index is 0.0550. The first-order valence-electron chi connectivity index (χ1n) is 7.73. The van der Waals surface area contributed by atoms with Gasteiger partial charge in [-0.05, 0) is 25.7 Å². The molecule has 1 aliphatic heterocycles. The van der Waals surface area contributed by atoms with Gasteiger partial charge in [0, 0.05) is 26.1 Å². The Morgan fingerprint density at radius 2 is 1.58 bits per heavy atom. The fourth-order valence-electron chi connectivity index (χ4n) is 3.28. The monoisotopic (exact) mass is 266 g/mol. The average molecular weight is 266 g/mol. The number of amides is 2. The zero-order valence-electron chi connectivity index (χ0n) is 12.1. The largest absolute Gasteiger partial charge is 0.341 e. The minimum Gasteiger partial charge on any atom is -0.341 e. The summed E-state index contributed by atoms with van der Waals surface area (Å²) in [5.41, 5.74) is 0. The number of hydrogen-bond acceptors (Lipinski definition) is 2. The zero-order valence-corrected chi connectivity index (χ0v) is 12.1. The first kappa shape index (κ1) is 14.4. The molecule has 19 heavy (non-hydrogen) atoms. The molecular weight excluding hydrogens is 240 g/mol. The second-order valence-electron chi connectivity index (χ2n) is 5.88. The van der Waals surface area contributed by atoms with Crippen LogP contribution < -0.4 is 0 Å². The van der Waals surface area contributed by atoms with Crippen molar-refractivity contribution in [3.63, 3.8) is 0 Å². The summed E-state index contributed by atoms with van der Waals surface area (Å²) in [6, 6.07) is 0.284. The van der Waals surface area contributed by atoms with Crippen LogP contribution in [0.15, 0.2) is 0 Å². The topological polar surface area (TPSA) is 40.6 Å². The Balaban J connectivity index is 1.94. The standard InChI is InChI=1S/C15H26N2O2/c1-13(18)17(14-8-4-2-3-5-9-14)12-15(19)16-10-6-7-11-16/h14H,2-12H2,1H3. The molecule has 1 heterocycles. The van der Waals surface area contributed by atoms with Crippen LogP contribution in [0.4, 0.5) is 0 Å². The first-order chi connectivity index (χ1) is 9.18. The Labute approximate surface area is 116 Å². The molecule has 108 valence electrons. The Hall–Kier alpha value is -1.06. The fourth-order valence-corrected chi connectivity index (χ4v) is 3.28. The first-order valence-corrected chi connectivity index (χ1v) is 7.73. The molecule has 0 bridgehead atoms. The van der Waals surface area contributed by atoms with Gasteiger partial charge in [-0.2, -0.15) is 0 Å². The van der Waals surface area contributed by atoms with Crippen LogP contribution in [-0.2, 0) is 9.59 Å². The van der Waals surface area contributed by atoms with Crippen LogP contribution in [0, 0.1) is 0 Å². The van der Waals surface area contributed by atoms with E-state index in [9.17, 15) is 9.59 Å². The maximum Gasteiger partial charge on any atom is 0.242 e. The number of likely N-dealkylation sites (tertiary alicyclic amines) is 1. The smallest absolute Gasteiger partial charge is 0.242 e. The SMILES string of the molecule is CC(=O)N(CC(=O)N1CCCC1)C1CCCCCC1. The highest BCUT2D eigenvalue weighted by Crippen LogP contribution is 2.22. The maximum absolute atomic E-state index is 12.2. The van der Waals surface area contributed by atoms with Gasteiger partial charge in [0.25, 0.3) is 0 Å². The van der Waals surface area contributed by atoms with Crippen LogP contribution in [0.3, 0.4) is 0 Å². The van der Waals surface area contributed by atoms with Gasteiger partial charge in [0.1, 0.15) is 0 Å². The van der Waals surface area contributed by atoms with E-state index in [0.29, 0.717) is 6.54 Å². The van der Waals surface area contributed by atoms with E-state index in [-0.39, 0.29) is 17.9 Å². The van der Waals surface area contributed by atoms with Crippen molar-refractivity contribution in [2.45, 2.75) is 64.3 Å². The Morgan fingerprint density at radius 1 is 1.00 bits per heavy atom. The van der Waals surface area contributed by atoms with E-state index in [0.717, 1.165) is 38.8 Å². The molecule has 2 amide bonds. The molecule has 4 nitrogen and oxygen atoms in total. The molecule has 2 aliphatic rings. The molecule has 0 aromatic carbocycles. The lowest BCUT2D eigenvalue weighted by Gasteiger charge is -2.31. The van der Waals surface area contributed by atoms with Gasteiger partial charge in [0.15, 0.2) is 0 Å². The van der Waals surface area contributed by atoms with Gasteiger partial charge in [-0.15, -0.1) is 0 Å². The van der Waals surface area contributed by atoms with E-state index >= 15 is 0 Å². The summed E-state index contributed by atoms with van der Waals surface area (Å²) in [7, 11) is 0. The minimum absolute atomic E-state index is 0.0550. The predicted molar refractivity (Wildman–Crippen MR) is 74.7 cm³/mol. The fraction of sp³-hybridized carbons (Fsp3) is 0.867. The van der Waals surface area contributed by atoms with Crippen molar-refractivity contribution in [3.8, 4) is 0 Å². The Morgan fingerprint density at radius 3 is 2.11 bits per heavy atom. The molecule has 0 unspecified atom stereocenters. The molecule has 1 aliphatic carbocycles. The molecule has 2 rings (SSSR count). The molecule has 0 aromatic heterocycles. The molecule has 0 aromatic rings. The van der Waals surface area contributed by atoms with E-state index in [1.54, 1.807) is 6.92 Å². The van der Waals surface area contributed by atoms with Gasteiger partial charge < -0.3 is 9.80 Å². The maximum atomic E-state index is 12.2. The molecular formula is C15H26N2O2. The van der Waals surface area contributed by atoms with Gasteiger partial charge in [0.05, 0.1) is 6.54 Å². The molecule has 1 saturated heterocycles. The Kier molecular flexibility index (Phi) is 5.23. The molecule has 0 radical (unpaired) electrons. The van der Waals surface area contributed by atoms with Crippen LogP contribution in [0.2, 0.25) is 0 Å². The summed E-state index contributed by atoms with van der Waals surface area (Å²) < 4.78 is 0. The quantitative estimate of drug-likeness (QED) is 0.735. The average Bonchev–Trinajstić information content (AvgIpc) is 2.79. The molecule has 0 atom stereocenters. The van der Waals surface area contributed by atoms with Crippen LogP contribution in [-0.4, -0.2) is 47.3 Å². The normalized spacial score (nSPS) is 21.2. The van der Waals surface area contributed by atoms with Gasteiger partial charge >= 0.3 is 0 Å². The molecule has 4 heteroatoms. The van der Waals surface area contributed by atoms with E-state index < -0.39 is 0 Å². The van der Waals surface area contributed by atoms with E-state index in [1.165, 1.54) is 25.7 Å². The van der Waals surface area contributed by atoms with E-state index in [2.05, 4.69) is 0 Å². The summed E-state index contributed by atoms with van der Waals surface area (Å²) in [6.45, 7) is 3.63. The van der Waals surface area contributed by atoms with Crippen LogP contribution in [0.5, 0.6) is 0 Å². The zero-order chi connectivity index (χ0) is 13.7. The highest BCUT2D eigenvalue weighted by atomic mass is 16.2.